The lowest BCUT2D eigenvalue weighted by Gasteiger charge is -2.52. The minimum absolute atomic E-state index is 0.192. The number of aromatic nitrogens is 1. The molecule has 3 nitrogen and oxygen atoms in total. The van der Waals surface area contributed by atoms with E-state index in [4.69, 9.17) is 0 Å². The van der Waals surface area contributed by atoms with Crippen molar-refractivity contribution in [2.24, 2.45) is 11.3 Å². The first-order chi connectivity index (χ1) is 19.1. The van der Waals surface area contributed by atoms with E-state index >= 15 is 0 Å². The Kier molecular flexibility index (Phi) is 8.62. The van der Waals surface area contributed by atoms with Gasteiger partial charge in [-0.25, -0.2) is 4.39 Å². The number of nitrogens with one attached hydrogen (secondary N) is 2. The zero-order valence-electron chi connectivity index (χ0n) is 23.5. The quantitative estimate of drug-likeness (QED) is 0.315. The maximum Gasteiger partial charge on any atom is 0.123 e. The molecule has 3 aromatic rings. The van der Waals surface area contributed by atoms with Crippen LogP contribution in [0.5, 0.6) is 0 Å². The number of hydrogen-bond acceptors (Lipinski definition) is 3. The highest BCUT2D eigenvalue weighted by Crippen LogP contribution is 2.51. The Hall–Kier alpha value is -3.24. The third-order valence-corrected chi connectivity index (χ3v) is 8.55. The smallest absolute Gasteiger partial charge is 0.123 e. The van der Waals surface area contributed by atoms with Gasteiger partial charge in [0, 0.05) is 48.7 Å². The Morgan fingerprint density at radius 2 is 1.56 bits per heavy atom. The second kappa shape index (κ2) is 12.3. The van der Waals surface area contributed by atoms with Gasteiger partial charge in [-0.2, -0.15) is 0 Å². The number of allylic oxidation sites excluding steroid dienone is 1. The number of pyridine rings is 1. The fourth-order valence-electron chi connectivity index (χ4n) is 6.36. The Bertz CT molecular complexity index is 1290. The topological polar surface area (TPSA) is 37.0 Å². The molecular formula is C35H42FN3. The van der Waals surface area contributed by atoms with Crippen molar-refractivity contribution in [3.05, 3.63) is 113 Å². The van der Waals surface area contributed by atoms with Crippen LogP contribution in [-0.4, -0.2) is 18.1 Å². The molecule has 1 aliphatic heterocycles. The van der Waals surface area contributed by atoms with Gasteiger partial charge in [0.1, 0.15) is 5.82 Å². The minimum atomic E-state index is -0.192. The van der Waals surface area contributed by atoms with Crippen molar-refractivity contribution in [2.75, 3.05) is 13.1 Å². The van der Waals surface area contributed by atoms with Crippen LogP contribution in [0, 0.1) is 17.2 Å². The molecule has 1 spiro atoms. The van der Waals surface area contributed by atoms with Gasteiger partial charge in [0.15, 0.2) is 0 Å². The van der Waals surface area contributed by atoms with Crippen LogP contribution in [0.2, 0.25) is 0 Å². The molecule has 3 aliphatic rings. The maximum atomic E-state index is 13.6. The summed E-state index contributed by atoms with van der Waals surface area (Å²) in [6.45, 7) is 11.2. The van der Waals surface area contributed by atoms with E-state index < -0.39 is 0 Å². The molecule has 2 aromatic carbocycles. The Balaban J connectivity index is 0.00000151. The summed E-state index contributed by atoms with van der Waals surface area (Å²) >= 11 is 0. The molecule has 0 atom stereocenters. The molecule has 0 amide bonds. The van der Waals surface area contributed by atoms with E-state index in [9.17, 15) is 4.39 Å². The molecule has 6 rings (SSSR count). The van der Waals surface area contributed by atoms with Gasteiger partial charge < -0.3 is 10.6 Å². The Morgan fingerprint density at radius 1 is 0.923 bits per heavy atom. The van der Waals surface area contributed by atoms with Gasteiger partial charge in [-0.15, -0.1) is 0 Å². The normalized spacial score (nSPS) is 17.6. The fourth-order valence-corrected chi connectivity index (χ4v) is 6.36. The van der Waals surface area contributed by atoms with Crippen molar-refractivity contribution in [1.82, 2.24) is 15.6 Å². The van der Waals surface area contributed by atoms with Gasteiger partial charge in [0.05, 0.1) is 0 Å². The molecule has 3 fully saturated rings. The van der Waals surface area contributed by atoms with Crippen molar-refractivity contribution < 1.29 is 4.39 Å². The molecule has 204 valence electrons. The second-order valence-electron chi connectivity index (χ2n) is 11.4. The largest absolute Gasteiger partial charge is 0.381 e. The molecule has 2 saturated carbocycles. The highest BCUT2D eigenvalue weighted by molar-refractivity contribution is 5.83. The summed E-state index contributed by atoms with van der Waals surface area (Å²) in [5, 5.41) is 6.92. The van der Waals surface area contributed by atoms with Gasteiger partial charge in [0.25, 0.3) is 0 Å². The minimum Gasteiger partial charge on any atom is -0.381 e. The molecule has 0 bridgehead atoms. The molecule has 1 saturated heterocycles. The lowest BCUT2D eigenvalue weighted by Crippen LogP contribution is -2.58. The first-order valence-corrected chi connectivity index (χ1v) is 14.7. The second-order valence-corrected chi connectivity index (χ2v) is 11.4. The summed E-state index contributed by atoms with van der Waals surface area (Å²) in [4.78, 5) is 4.49. The molecule has 2 N–H and O–H groups in total. The van der Waals surface area contributed by atoms with Crippen LogP contribution in [0.3, 0.4) is 0 Å². The lowest BCUT2D eigenvalue weighted by molar-refractivity contribution is 0.113. The monoisotopic (exact) mass is 523 g/mol. The van der Waals surface area contributed by atoms with Crippen molar-refractivity contribution in [3.63, 3.8) is 0 Å². The van der Waals surface area contributed by atoms with E-state index in [1.807, 2.05) is 38.4 Å². The standard InChI is InChI=1S/C33H36FN3.C2H6/c1-23(29-15-26(18-35-20-29)14-24-4-2-3-5-24)37-19-25-6-8-27(9-7-25)32(28-10-12-31(34)13-11-28)30-16-33(17-30)21-36-22-33;1-2/h6-13,15,18,20,24,36-37H,1-5,14,16-17,19,21-22H2;1-2H3. The molecule has 4 heteroatoms. The Labute approximate surface area is 233 Å². The van der Waals surface area contributed by atoms with Crippen LogP contribution in [0.1, 0.15) is 80.2 Å². The number of halogens is 1. The van der Waals surface area contributed by atoms with E-state index in [1.54, 1.807) is 12.1 Å². The van der Waals surface area contributed by atoms with Crippen LogP contribution < -0.4 is 10.6 Å². The van der Waals surface area contributed by atoms with Crippen LogP contribution >= 0.6 is 0 Å². The molecule has 0 unspecified atom stereocenters. The summed E-state index contributed by atoms with van der Waals surface area (Å²) in [5.74, 6) is 0.615. The third-order valence-electron chi connectivity index (χ3n) is 8.55. The van der Waals surface area contributed by atoms with E-state index in [1.165, 1.54) is 53.5 Å². The van der Waals surface area contributed by atoms with Crippen LogP contribution in [0.25, 0.3) is 11.3 Å². The number of hydrogen-bond donors (Lipinski definition) is 2. The SMILES string of the molecule is C=C(NCc1ccc(C(=C2CC3(CNC3)C2)c2ccc(F)cc2)cc1)c1cncc(CC2CCCC2)c1.CC. The number of benzene rings is 2. The first kappa shape index (κ1) is 27.3. The van der Waals surface area contributed by atoms with Crippen molar-refractivity contribution in [3.8, 4) is 0 Å². The summed E-state index contributed by atoms with van der Waals surface area (Å²) in [6.07, 6.45) is 12.7. The molecular weight excluding hydrogens is 481 g/mol. The average molecular weight is 524 g/mol. The van der Waals surface area contributed by atoms with Gasteiger partial charge in [-0.3, -0.25) is 4.98 Å². The van der Waals surface area contributed by atoms with Crippen molar-refractivity contribution >= 4 is 11.3 Å². The zero-order valence-corrected chi connectivity index (χ0v) is 23.5. The summed E-state index contributed by atoms with van der Waals surface area (Å²) in [5.41, 5.74) is 10.0. The van der Waals surface area contributed by atoms with E-state index in [2.05, 4.69) is 52.5 Å². The first-order valence-electron chi connectivity index (χ1n) is 14.7. The molecule has 2 heterocycles. The lowest BCUT2D eigenvalue weighted by atomic mass is 9.60. The molecule has 1 aromatic heterocycles. The van der Waals surface area contributed by atoms with Crippen molar-refractivity contribution in [2.45, 2.75) is 65.3 Å². The zero-order chi connectivity index (χ0) is 27.2. The Morgan fingerprint density at radius 3 is 2.18 bits per heavy atom. The highest BCUT2D eigenvalue weighted by Gasteiger charge is 2.46. The highest BCUT2D eigenvalue weighted by atomic mass is 19.1. The fraction of sp³-hybridized carbons (Fsp3) is 0.400. The van der Waals surface area contributed by atoms with Crippen LogP contribution in [0.4, 0.5) is 4.39 Å². The molecule has 39 heavy (non-hydrogen) atoms. The van der Waals surface area contributed by atoms with Gasteiger partial charge >= 0.3 is 0 Å². The summed E-state index contributed by atoms with van der Waals surface area (Å²) in [7, 11) is 0. The van der Waals surface area contributed by atoms with Crippen LogP contribution in [-0.2, 0) is 13.0 Å². The van der Waals surface area contributed by atoms with Gasteiger partial charge in [0.2, 0.25) is 0 Å². The van der Waals surface area contributed by atoms with Gasteiger partial charge in [-0.1, -0.05) is 88.1 Å². The van der Waals surface area contributed by atoms with Crippen molar-refractivity contribution in [1.29, 1.82) is 0 Å². The van der Waals surface area contributed by atoms with Crippen LogP contribution in [0.15, 0.2) is 79.1 Å². The van der Waals surface area contributed by atoms with E-state index in [0.717, 1.165) is 55.1 Å². The van der Waals surface area contributed by atoms with E-state index in [-0.39, 0.29) is 5.82 Å². The predicted molar refractivity (Wildman–Crippen MR) is 161 cm³/mol. The third kappa shape index (κ3) is 6.33. The number of nitrogens with zero attached hydrogens (tertiary/aromatic N) is 1. The van der Waals surface area contributed by atoms with Gasteiger partial charge in [-0.05, 0) is 71.2 Å². The maximum absolute atomic E-state index is 13.6. The molecule has 2 aliphatic carbocycles. The summed E-state index contributed by atoms with van der Waals surface area (Å²) in [6, 6.07) is 18.0. The average Bonchev–Trinajstić information content (AvgIpc) is 3.43. The predicted octanol–water partition coefficient (Wildman–Crippen LogP) is 7.93. The number of rotatable bonds is 8. The van der Waals surface area contributed by atoms with E-state index in [0.29, 0.717) is 12.0 Å². The summed E-state index contributed by atoms with van der Waals surface area (Å²) < 4.78 is 13.6. The molecule has 0 radical (unpaired) electrons.